The van der Waals surface area contributed by atoms with Crippen LogP contribution in [0.3, 0.4) is 0 Å². The smallest absolute Gasteiger partial charge is 0.303 e. The van der Waals surface area contributed by atoms with Crippen LogP contribution in [-0.4, -0.2) is 22.6 Å². The largest absolute Gasteiger partial charge is 0.481 e. The van der Waals surface area contributed by atoms with Crippen LogP contribution in [0.2, 0.25) is 0 Å². The number of aliphatic carboxylic acids is 1. The molecule has 2 N–H and O–H groups in total. The van der Waals surface area contributed by atoms with E-state index in [9.17, 15) is 4.79 Å². The summed E-state index contributed by atoms with van der Waals surface area (Å²) in [5.74, 6) is -0.718. The Balaban J connectivity index is 2.12. The minimum absolute atomic E-state index is 0.260. The van der Waals surface area contributed by atoms with E-state index >= 15 is 0 Å². The SMILES string of the molecule is Cc1cnccc1CNCCCCC(=O)O. The van der Waals surface area contributed by atoms with Crippen molar-refractivity contribution in [3.8, 4) is 0 Å². The van der Waals surface area contributed by atoms with Gasteiger partial charge < -0.3 is 10.4 Å². The quantitative estimate of drug-likeness (QED) is 0.690. The van der Waals surface area contributed by atoms with Crippen molar-refractivity contribution in [2.45, 2.75) is 32.7 Å². The number of carbonyl (C=O) groups is 1. The van der Waals surface area contributed by atoms with Gasteiger partial charge in [0.15, 0.2) is 0 Å². The highest BCUT2D eigenvalue weighted by Gasteiger charge is 1.98. The van der Waals surface area contributed by atoms with E-state index < -0.39 is 5.97 Å². The average Bonchev–Trinajstić information content (AvgIpc) is 2.25. The Labute approximate surface area is 95.7 Å². The molecule has 1 rings (SSSR count). The van der Waals surface area contributed by atoms with Crippen LogP contribution in [0, 0.1) is 6.92 Å². The van der Waals surface area contributed by atoms with E-state index in [2.05, 4.69) is 10.3 Å². The maximum atomic E-state index is 10.3. The van der Waals surface area contributed by atoms with Crippen molar-refractivity contribution in [3.63, 3.8) is 0 Å². The van der Waals surface area contributed by atoms with Crippen molar-refractivity contribution in [2.75, 3.05) is 6.54 Å². The van der Waals surface area contributed by atoms with Crippen LogP contribution < -0.4 is 5.32 Å². The highest BCUT2D eigenvalue weighted by atomic mass is 16.4. The van der Waals surface area contributed by atoms with Gasteiger partial charge in [-0.15, -0.1) is 0 Å². The van der Waals surface area contributed by atoms with E-state index in [0.29, 0.717) is 0 Å². The fourth-order valence-electron chi connectivity index (χ4n) is 1.45. The molecule has 1 heterocycles. The Morgan fingerprint density at radius 3 is 3.00 bits per heavy atom. The van der Waals surface area contributed by atoms with Crippen molar-refractivity contribution < 1.29 is 9.90 Å². The fraction of sp³-hybridized carbons (Fsp3) is 0.500. The Bertz CT molecular complexity index is 340. The first kappa shape index (κ1) is 12.6. The fourth-order valence-corrected chi connectivity index (χ4v) is 1.45. The molecular weight excluding hydrogens is 204 g/mol. The predicted octanol–water partition coefficient (Wildman–Crippen LogP) is 1.73. The first-order chi connectivity index (χ1) is 7.70. The number of hydrogen-bond acceptors (Lipinski definition) is 3. The van der Waals surface area contributed by atoms with Crippen molar-refractivity contribution in [3.05, 3.63) is 29.6 Å². The Morgan fingerprint density at radius 1 is 1.50 bits per heavy atom. The number of nitrogens with one attached hydrogen (secondary N) is 1. The van der Waals surface area contributed by atoms with Crippen molar-refractivity contribution in [2.24, 2.45) is 0 Å². The number of hydrogen-bond donors (Lipinski definition) is 2. The lowest BCUT2D eigenvalue weighted by atomic mass is 10.1. The maximum Gasteiger partial charge on any atom is 0.303 e. The average molecular weight is 222 g/mol. The topological polar surface area (TPSA) is 62.2 Å². The van der Waals surface area contributed by atoms with Crippen LogP contribution in [0.25, 0.3) is 0 Å². The number of rotatable bonds is 7. The molecule has 16 heavy (non-hydrogen) atoms. The Morgan fingerprint density at radius 2 is 2.31 bits per heavy atom. The number of unbranched alkanes of at least 4 members (excludes halogenated alkanes) is 1. The lowest BCUT2D eigenvalue weighted by Crippen LogP contribution is -2.15. The number of carboxylic acids is 1. The monoisotopic (exact) mass is 222 g/mol. The second kappa shape index (κ2) is 6.95. The molecule has 0 saturated heterocycles. The van der Waals surface area contributed by atoms with Gasteiger partial charge in [-0.05, 0) is 43.5 Å². The molecule has 1 aromatic heterocycles. The summed E-state index contributed by atoms with van der Waals surface area (Å²) < 4.78 is 0. The van der Waals surface area contributed by atoms with Gasteiger partial charge >= 0.3 is 5.97 Å². The number of pyridine rings is 1. The summed E-state index contributed by atoms with van der Waals surface area (Å²) in [7, 11) is 0. The third kappa shape index (κ3) is 4.89. The molecule has 4 nitrogen and oxygen atoms in total. The van der Waals surface area contributed by atoms with Crippen LogP contribution >= 0.6 is 0 Å². The zero-order valence-electron chi connectivity index (χ0n) is 9.57. The zero-order chi connectivity index (χ0) is 11.8. The lowest BCUT2D eigenvalue weighted by Gasteiger charge is -2.06. The van der Waals surface area contributed by atoms with Gasteiger partial charge in [-0.25, -0.2) is 0 Å². The zero-order valence-corrected chi connectivity index (χ0v) is 9.57. The molecule has 0 aliphatic carbocycles. The minimum atomic E-state index is -0.718. The molecule has 1 aromatic rings. The molecule has 0 aliphatic rings. The number of aromatic nitrogens is 1. The normalized spacial score (nSPS) is 10.3. The standard InChI is InChI=1S/C12H18N2O2/c1-10-8-14-7-5-11(10)9-13-6-3-2-4-12(15)16/h5,7-8,13H,2-4,6,9H2,1H3,(H,15,16). The molecule has 0 atom stereocenters. The molecule has 4 heteroatoms. The first-order valence-electron chi connectivity index (χ1n) is 5.52. The summed E-state index contributed by atoms with van der Waals surface area (Å²) in [5.41, 5.74) is 2.42. The molecule has 0 amide bonds. The second-order valence-corrected chi connectivity index (χ2v) is 3.83. The van der Waals surface area contributed by atoms with Crippen molar-refractivity contribution in [1.29, 1.82) is 0 Å². The molecular formula is C12H18N2O2. The molecule has 0 bridgehead atoms. The Kier molecular flexibility index (Phi) is 5.50. The summed E-state index contributed by atoms with van der Waals surface area (Å²) in [5, 5.41) is 11.8. The van der Waals surface area contributed by atoms with Crippen LogP contribution in [0.4, 0.5) is 0 Å². The van der Waals surface area contributed by atoms with E-state index in [-0.39, 0.29) is 6.42 Å². The maximum absolute atomic E-state index is 10.3. The van der Waals surface area contributed by atoms with Crippen molar-refractivity contribution in [1.82, 2.24) is 10.3 Å². The molecule has 0 aliphatic heterocycles. The molecule has 0 radical (unpaired) electrons. The number of carboxylic acid groups (broad SMARTS) is 1. The van der Waals surface area contributed by atoms with Crippen LogP contribution in [-0.2, 0) is 11.3 Å². The molecule has 0 spiro atoms. The predicted molar refractivity (Wildman–Crippen MR) is 62.2 cm³/mol. The molecule has 0 unspecified atom stereocenters. The highest BCUT2D eigenvalue weighted by Crippen LogP contribution is 2.04. The highest BCUT2D eigenvalue weighted by molar-refractivity contribution is 5.66. The van der Waals surface area contributed by atoms with Gasteiger partial charge in [-0.1, -0.05) is 0 Å². The van der Waals surface area contributed by atoms with E-state index in [1.165, 1.54) is 11.1 Å². The molecule has 0 saturated carbocycles. The molecule has 88 valence electrons. The van der Waals surface area contributed by atoms with Crippen LogP contribution in [0.5, 0.6) is 0 Å². The third-order valence-corrected chi connectivity index (χ3v) is 2.45. The Hall–Kier alpha value is -1.42. The molecule has 0 fully saturated rings. The van der Waals surface area contributed by atoms with Gasteiger partial charge in [0, 0.05) is 25.4 Å². The van der Waals surface area contributed by atoms with Gasteiger partial charge in [0.1, 0.15) is 0 Å². The molecule has 0 aromatic carbocycles. The summed E-state index contributed by atoms with van der Waals surface area (Å²) in [4.78, 5) is 14.3. The van der Waals surface area contributed by atoms with Gasteiger partial charge in [0.05, 0.1) is 0 Å². The van der Waals surface area contributed by atoms with E-state index in [1.807, 2.05) is 19.2 Å². The van der Waals surface area contributed by atoms with E-state index in [4.69, 9.17) is 5.11 Å². The van der Waals surface area contributed by atoms with Gasteiger partial charge in [0.25, 0.3) is 0 Å². The third-order valence-electron chi connectivity index (χ3n) is 2.45. The van der Waals surface area contributed by atoms with E-state index in [1.54, 1.807) is 6.20 Å². The van der Waals surface area contributed by atoms with Crippen LogP contribution in [0.1, 0.15) is 30.4 Å². The van der Waals surface area contributed by atoms with Gasteiger partial charge in [-0.2, -0.15) is 0 Å². The van der Waals surface area contributed by atoms with Gasteiger partial charge in [-0.3, -0.25) is 9.78 Å². The summed E-state index contributed by atoms with van der Waals surface area (Å²) in [6, 6.07) is 2.00. The summed E-state index contributed by atoms with van der Waals surface area (Å²) in [6.07, 6.45) is 5.53. The number of aryl methyl sites for hydroxylation is 1. The summed E-state index contributed by atoms with van der Waals surface area (Å²) >= 11 is 0. The lowest BCUT2D eigenvalue weighted by molar-refractivity contribution is -0.137. The van der Waals surface area contributed by atoms with E-state index in [0.717, 1.165) is 25.9 Å². The van der Waals surface area contributed by atoms with Gasteiger partial charge in [0.2, 0.25) is 0 Å². The van der Waals surface area contributed by atoms with Crippen molar-refractivity contribution >= 4 is 5.97 Å². The number of nitrogens with zero attached hydrogens (tertiary/aromatic N) is 1. The minimum Gasteiger partial charge on any atom is -0.481 e. The second-order valence-electron chi connectivity index (χ2n) is 3.83. The first-order valence-corrected chi connectivity index (χ1v) is 5.52. The van der Waals surface area contributed by atoms with Crippen LogP contribution in [0.15, 0.2) is 18.5 Å². The summed E-state index contributed by atoms with van der Waals surface area (Å²) in [6.45, 7) is 3.71.